The van der Waals surface area contributed by atoms with E-state index in [0.717, 1.165) is 32.2 Å². The van der Waals surface area contributed by atoms with Crippen molar-refractivity contribution in [3.05, 3.63) is 0 Å². The van der Waals surface area contributed by atoms with Crippen LogP contribution in [0.15, 0.2) is 0 Å². The van der Waals surface area contributed by atoms with Gasteiger partial charge in [0.15, 0.2) is 0 Å². The fraction of sp³-hybridized carbons (Fsp3) is 1.00. The van der Waals surface area contributed by atoms with Crippen molar-refractivity contribution in [2.45, 2.75) is 47.0 Å². The van der Waals surface area contributed by atoms with Gasteiger partial charge in [0.2, 0.25) is 0 Å². The third kappa shape index (κ3) is 13.9. The van der Waals surface area contributed by atoms with Crippen LogP contribution in [0.4, 0.5) is 0 Å². The summed E-state index contributed by atoms with van der Waals surface area (Å²) >= 11 is 0. The second-order valence-corrected chi connectivity index (χ2v) is 5.13. The lowest BCUT2D eigenvalue weighted by Crippen LogP contribution is -2.20. The molecule has 1 N–H and O–H groups in total. The summed E-state index contributed by atoms with van der Waals surface area (Å²) in [6.07, 6.45) is 3.76. The standard InChI is InChI=1S/C13H29NO/c1-12(2)10-14-8-6-5-7-9-15-11-13(3)4/h12-14H,5-11H2,1-4H3. The third-order valence-electron chi connectivity index (χ3n) is 2.15. The van der Waals surface area contributed by atoms with Crippen LogP contribution in [-0.4, -0.2) is 26.3 Å². The van der Waals surface area contributed by atoms with Crippen molar-refractivity contribution in [2.75, 3.05) is 26.3 Å². The van der Waals surface area contributed by atoms with Crippen molar-refractivity contribution >= 4 is 0 Å². The lowest BCUT2D eigenvalue weighted by molar-refractivity contribution is 0.106. The third-order valence-corrected chi connectivity index (χ3v) is 2.15. The summed E-state index contributed by atoms with van der Waals surface area (Å²) in [5.41, 5.74) is 0. The maximum Gasteiger partial charge on any atom is 0.0488 e. The minimum atomic E-state index is 0.665. The molecule has 0 rings (SSSR count). The Bertz CT molecular complexity index is 110. The predicted octanol–water partition coefficient (Wildman–Crippen LogP) is 3.07. The van der Waals surface area contributed by atoms with Gasteiger partial charge in [0.1, 0.15) is 0 Å². The van der Waals surface area contributed by atoms with Gasteiger partial charge in [0.05, 0.1) is 0 Å². The van der Waals surface area contributed by atoms with Gasteiger partial charge in [-0.3, -0.25) is 0 Å². The number of hydrogen-bond acceptors (Lipinski definition) is 2. The molecule has 2 heteroatoms. The summed E-state index contributed by atoms with van der Waals surface area (Å²) < 4.78 is 5.52. The van der Waals surface area contributed by atoms with Crippen molar-refractivity contribution < 1.29 is 4.74 Å². The normalized spacial score (nSPS) is 11.6. The molecule has 0 aromatic heterocycles. The van der Waals surface area contributed by atoms with E-state index < -0.39 is 0 Å². The van der Waals surface area contributed by atoms with Crippen LogP contribution in [0.25, 0.3) is 0 Å². The smallest absolute Gasteiger partial charge is 0.0488 e. The molecule has 0 unspecified atom stereocenters. The minimum Gasteiger partial charge on any atom is -0.381 e. The van der Waals surface area contributed by atoms with E-state index in [9.17, 15) is 0 Å². The molecule has 0 bridgehead atoms. The molecule has 0 saturated carbocycles. The van der Waals surface area contributed by atoms with Crippen LogP contribution in [0.1, 0.15) is 47.0 Å². The summed E-state index contributed by atoms with van der Waals surface area (Å²) in [6.45, 7) is 13.0. The van der Waals surface area contributed by atoms with E-state index in [2.05, 4.69) is 33.0 Å². The van der Waals surface area contributed by atoms with Crippen molar-refractivity contribution in [3.8, 4) is 0 Å². The van der Waals surface area contributed by atoms with Crippen LogP contribution < -0.4 is 5.32 Å². The molecule has 0 aromatic rings. The molecule has 0 aromatic carbocycles. The molecular weight excluding hydrogens is 186 g/mol. The number of unbranched alkanes of at least 4 members (excludes halogenated alkanes) is 2. The molecule has 15 heavy (non-hydrogen) atoms. The molecule has 2 nitrogen and oxygen atoms in total. The van der Waals surface area contributed by atoms with Gasteiger partial charge in [-0.1, -0.05) is 27.7 Å². The first kappa shape index (κ1) is 14.9. The monoisotopic (exact) mass is 215 g/mol. The topological polar surface area (TPSA) is 21.3 Å². The lowest BCUT2D eigenvalue weighted by atomic mass is 10.2. The summed E-state index contributed by atoms with van der Waals surface area (Å²) in [5, 5.41) is 3.45. The molecule has 0 amide bonds. The van der Waals surface area contributed by atoms with Gasteiger partial charge in [0.25, 0.3) is 0 Å². The summed E-state index contributed by atoms with van der Waals surface area (Å²) in [7, 11) is 0. The van der Waals surface area contributed by atoms with Gasteiger partial charge >= 0.3 is 0 Å². The van der Waals surface area contributed by atoms with Crippen molar-refractivity contribution in [3.63, 3.8) is 0 Å². The molecular formula is C13H29NO. The highest BCUT2D eigenvalue weighted by atomic mass is 16.5. The van der Waals surface area contributed by atoms with Gasteiger partial charge in [-0.05, 0) is 44.2 Å². The van der Waals surface area contributed by atoms with Gasteiger partial charge in [-0.25, -0.2) is 0 Å². The fourth-order valence-corrected chi connectivity index (χ4v) is 1.34. The molecule has 0 aliphatic rings. The maximum atomic E-state index is 5.52. The molecule has 0 atom stereocenters. The van der Waals surface area contributed by atoms with Gasteiger partial charge < -0.3 is 10.1 Å². The number of rotatable bonds is 10. The van der Waals surface area contributed by atoms with Crippen molar-refractivity contribution in [1.82, 2.24) is 5.32 Å². The predicted molar refractivity (Wildman–Crippen MR) is 67.2 cm³/mol. The largest absolute Gasteiger partial charge is 0.381 e. The first-order chi connectivity index (χ1) is 7.13. The quantitative estimate of drug-likeness (QED) is 0.565. The van der Waals surface area contributed by atoms with E-state index in [1.54, 1.807) is 0 Å². The number of nitrogens with one attached hydrogen (secondary N) is 1. The van der Waals surface area contributed by atoms with Gasteiger partial charge in [0, 0.05) is 13.2 Å². The first-order valence-corrected chi connectivity index (χ1v) is 6.41. The highest BCUT2D eigenvalue weighted by molar-refractivity contribution is 4.51. The van der Waals surface area contributed by atoms with Crippen LogP contribution in [-0.2, 0) is 4.74 Å². The second-order valence-electron chi connectivity index (χ2n) is 5.13. The van der Waals surface area contributed by atoms with Crippen LogP contribution in [0, 0.1) is 11.8 Å². The molecule has 0 heterocycles. The Hall–Kier alpha value is -0.0800. The van der Waals surface area contributed by atoms with E-state index in [0.29, 0.717) is 5.92 Å². The summed E-state index contributed by atoms with van der Waals surface area (Å²) in [6, 6.07) is 0. The summed E-state index contributed by atoms with van der Waals surface area (Å²) in [5.74, 6) is 1.43. The van der Waals surface area contributed by atoms with E-state index >= 15 is 0 Å². The molecule has 0 fully saturated rings. The molecule has 0 aliphatic heterocycles. The van der Waals surface area contributed by atoms with Crippen LogP contribution >= 0.6 is 0 Å². The number of hydrogen-bond donors (Lipinski definition) is 1. The first-order valence-electron chi connectivity index (χ1n) is 6.41. The molecule has 0 spiro atoms. The average molecular weight is 215 g/mol. The fourth-order valence-electron chi connectivity index (χ4n) is 1.34. The maximum absolute atomic E-state index is 5.52. The second kappa shape index (κ2) is 10.4. The lowest BCUT2D eigenvalue weighted by Gasteiger charge is -2.08. The Morgan fingerprint density at radius 3 is 2.27 bits per heavy atom. The van der Waals surface area contributed by atoms with Crippen LogP contribution in [0.3, 0.4) is 0 Å². The molecule has 0 aliphatic carbocycles. The van der Waals surface area contributed by atoms with Crippen molar-refractivity contribution in [2.24, 2.45) is 11.8 Å². The van der Waals surface area contributed by atoms with E-state index in [1.165, 1.54) is 19.3 Å². The van der Waals surface area contributed by atoms with Crippen molar-refractivity contribution in [1.29, 1.82) is 0 Å². The highest BCUT2D eigenvalue weighted by Gasteiger charge is 1.95. The Labute approximate surface area is 95.8 Å². The van der Waals surface area contributed by atoms with Gasteiger partial charge in [-0.2, -0.15) is 0 Å². The SMILES string of the molecule is CC(C)CNCCCCCOCC(C)C. The van der Waals surface area contributed by atoms with E-state index in [1.807, 2.05) is 0 Å². The highest BCUT2D eigenvalue weighted by Crippen LogP contribution is 1.98. The molecule has 0 saturated heterocycles. The Kier molecular flexibility index (Phi) is 10.4. The number of ether oxygens (including phenoxy) is 1. The molecule has 0 radical (unpaired) electrons. The van der Waals surface area contributed by atoms with Crippen LogP contribution in [0.5, 0.6) is 0 Å². The van der Waals surface area contributed by atoms with E-state index in [-0.39, 0.29) is 0 Å². The van der Waals surface area contributed by atoms with Gasteiger partial charge in [-0.15, -0.1) is 0 Å². The summed E-state index contributed by atoms with van der Waals surface area (Å²) in [4.78, 5) is 0. The Morgan fingerprint density at radius 1 is 0.933 bits per heavy atom. The molecule has 92 valence electrons. The Balaban J connectivity index is 2.93. The van der Waals surface area contributed by atoms with Crippen LogP contribution in [0.2, 0.25) is 0 Å². The zero-order chi connectivity index (χ0) is 11.5. The Morgan fingerprint density at radius 2 is 1.67 bits per heavy atom. The minimum absolute atomic E-state index is 0.665. The van der Waals surface area contributed by atoms with E-state index in [4.69, 9.17) is 4.74 Å². The zero-order valence-electron chi connectivity index (χ0n) is 11.0. The zero-order valence-corrected chi connectivity index (χ0v) is 11.0. The average Bonchev–Trinajstić information content (AvgIpc) is 2.14.